The number of aryl methyl sites for hydroxylation is 1. The van der Waals surface area contributed by atoms with Gasteiger partial charge in [0.25, 0.3) is 5.91 Å². The van der Waals surface area contributed by atoms with Gasteiger partial charge < -0.3 is 9.80 Å². The molecule has 0 radical (unpaired) electrons. The molecule has 0 N–H and O–H groups in total. The van der Waals surface area contributed by atoms with Crippen molar-refractivity contribution in [2.75, 3.05) is 20.1 Å². The number of nitrogens with zero attached hydrogens (tertiary/aromatic N) is 4. The van der Waals surface area contributed by atoms with Crippen molar-refractivity contribution in [3.05, 3.63) is 17.5 Å². The standard InChI is InChI=1S/C20H32N4O2/c1-5-24-18(11-17(21-24)14(2)3)20(26)22(4)12-15-10-19(25)23(13-15)16-8-6-7-9-16/h11,14-16H,5-10,12-13H2,1-4H3/t15-/m0/s1. The highest BCUT2D eigenvalue weighted by Crippen LogP contribution is 2.29. The molecule has 2 fully saturated rings. The van der Waals surface area contributed by atoms with E-state index in [2.05, 4.69) is 23.8 Å². The second-order valence-corrected chi connectivity index (χ2v) is 8.17. The zero-order chi connectivity index (χ0) is 18.8. The highest BCUT2D eigenvalue weighted by atomic mass is 16.2. The number of rotatable bonds is 6. The van der Waals surface area contributed by atoms with Crippen LogP contribution < -0.4 is 0 Å². The van der Waals surface area contributed by atoms with Gasteiger partial charge >= 0.3 is 0 Å². The molecule has 0 aromatic carbocycles. The SMILES string of the molecule is CCn1nc(C(C)C)cc1C(=O)N(C)C[C@@H]1CC(=O)N(C2CCCC2)C1. The summed E-state index contributed by atoms with van der Waals surface area (Å²) < 4.78 is 1.79. The van der Waals surface area contributed by atoms with Crippen LogP contribution >= 0.6 is 0 Å². The molecule has 2 amide bonds. The minimum Gasteiger partial charge on any atom is -0.340 e. The first-order valence-corrected chi connectivity index (χ1v) is 10.0. The average Bonchev–Trinajstić information content (AvgIpc) is 3.33. The second kappa shape index (κ2) is 7.80. The van der Waals surface area contributed by atoms with Crippen LogP contribution in [0.15, 0.2) is 6.07 Å². The number of likely N-dealkylation sites (tertiary alicyclic amines) is 1. The number of hydrogen-bond acceptors (Lipinski definition) is 3. The van der Waals surface area contributed by atoms with Gasteiger partial charge in [0.05, 0.1) is 5.69 Å². The number of amides is 2. The number of carbonyl (C=O) groups excluding carboxylic acids is 2. The number of aromatic nitrogens is 2. The maximum absolute atomic E-state index is 12.9. The Morgan fingerprint density at radius 2 is 2.04 bits per heavy atom. The lowest BCUT2D eigenvalue weighted by molar-refractivity contribution is -0.129. The van der Waals surface area contributed by atoms with E-state index >= 15 is 0 Å². The van der Waals surface area contributed by atoms with Gasteiger partial charge in [0, 0.05) is 45.1 Å². The molecule has 1 atom stereocenters. The Bertz CT molecular complexity index is 661. The van der Waals surface area contributed by atoms with Gasteiger partial charge in [0.15, 0.2) is 0 Å². The molecule has 0 spiro atoms. The van der Waals surface area contributed by atoms with E-state index < -0.39 is 0 Å². The molecule has 3 rings (SSSR count). The van der Waals surface area contributed by atoms with Crippen molar-refractivity contribution in [2.24, 2.45) is 5.92 Å². The summed E-state index contributed by atoms with van der Waals surface area (Å²) in [5, 5.41) is 4.55. The van der Waals surface area contributed by atoms with Crippen LogP contribution in [-0.2, 0) is 11.3 Å². The van der Waals surface area contributed by atoms with Crippen LogP contribution in [0.5, 0.6) is 0 Å². The minimum atomic E-state index is -0.00184. The third kappa shape index (κ3) is 3.79. The predicted octanol–water partition coefficient (Wildman–Crippen LogP) is 2.89. The molecule has 1 saturated heterocycles. The molecule has 2 heterocycles. The monoisotopic (exact) mass is 360 g/mol. The molecule has 1 aliphatic heterocycles. The van der Waals surface area contributed by atoms with E-state index in [1.807, 2.05) is 20.0 Å². The quantitative estimate of drug-likeness (QED) is 0.784. The molecular formula is C20H32N4O2. The first kappa shape index (κ1) is 18.9. The van der Waals surface area contributed by atoms with Crippen LogP contribution in [0.4, 0.5) is 0 Å². The molecule has 1 aromatic rings. The van der Waals surface area contributed by atoms with E-state index in [4.69, 9.17) is 0 Å². The summed E-state index contributed by atoms with van der Waals surface area (Å²) in [4.78, 5) is 29.2. The highest BCUT2D eigenvalue weighted by molar-refractivity contribution is 5.92. The van der Waals surface area contributed by atoms with Crippen molar-refractivity contribution >= 4 is 11.8 Å². The fourth-order valence-electron chi connectivity index (χ4n) is 4.30. The zero-order valence-electron chi connectivity index (χ0n) is 16.6. The third-order valence-electron chi connectivity index (χ3n) is 5.79. The molecule has 2 aliphatic rings. The Morgan fingerprint density at radius 3 is 2.65 bits per heavy atom. The van der Waals surface area contributed by atoms with Crippen molar-refractivity contribution in [2.45, 2.75) is 71.4 Å². The average molecular weight is 361 g/mol. The van der Waals surface area contributed by atoms with Crippen LogP contribution in [0.3, 0.4) is 0 Å². The van der Waals surface area contributed by atoms with E-state index in [-0.39, 0.29) is 17.7 Å². The first-order chi connectivity index (χ1) is 12.4. The van der Waals surface area contributed by atoms with Gasteiger partial charge in [-0.05, 0) is 31.7 Å². The molecule has 144 valence electrons. The van der Waals surface area contributed by atoms with E-state index in [1.54, 1.807) is 9.58 Å². The van der Waals surface area contributed by atoms with Gasteiger partial charge in [-0.1, -0.05) is 26.7 Å². The third-order valence-corrected chi connectivity index (χ3v) is 5.79. The van der Waals surface area contributed by atoms with Gasteiger partial charge in [-0.25, -0.2) is 0 Å². The Hall–Kier alpha value is -1.85. The van der Waals surface area contributed by atoms with Gasteiger partial charge in [-0.15, -0.1) is 0 Å². The second-order valence-electron chi connectivity index (χ2n) is 8.17. The van der Waals surface area contributed by atoms with Gasteiger partial charge in [0.1, 0.15) is 5.69 Å². The molecule has 1 saturated carbocycles. The lowest BCUT2D eigenvalue weighted by Gasteiger charge is -2.25. The molecule has 26 heavy (non-hydrogen) atoms. The maximum atomic E-state index is 12.9. The number of carbonyl (C=O) groups is 2. The van der Waals surface area contributed by atoms with E-state index in [9.17, 15) is 9.59 Å². The van der Waals surface area contributed by atoms with Crippen LogP contribution in [0.1, 0.15) is 75.0 Å². The van der Waals surface area contributed by atoms with Crippen LogP contribution in [0.2, 0.25) is 0 Å². The van der Waals surface area contributed by atoms with E-state index in [0.717, 1.165) is 25.1 Å². The number of hydrogen-bond donors (Lipinski definition) is 0. The van der Waals surface area contributed by atoms with Crippen molar-refractivity contribution in [3.63, 3.8) is 0 Å². The summed E-state index contributed by atoms with van der Waals surface area (Å²) >= 11 is 0. The Labute approximate surface area is 156 Å². The largest absolute Gasteiger partial charge is 0.340 e. The van der Waals surface area contributed by atoms with Crippen LogP contribution in [0, 0.1) is 5.92 Å². The molecule has 6 heteroatoms. The fourth-order valence-corrected chi connectivity index (χ4v) is 4.30. The Kier molecular flexibility index (Phi) is 5.68. The van der Waals surface area contributed by atoms with Gasteiger partial charge in [-0.3, -0.25) is 14.3 Å². The summed E-state index contributed by atoms with van der Waals surface area (Å²) in [6, 6.07) is 2.35. The molecule has 0 unspecified atom stereocenters. The summed E-state index contributed by atoms with van der Waals surface area (Å²) in [5.74, 6) is 0.799. The predicted molar refractivity (Wildman–Crippen MR) is 101 cm³/mol. The van der Waals surface area contributed by atoms with Gasteiger partial charge in [0.2, 0.25) is 5.91 Å². The Morgan fingerprint density at radius 1 is 1.35 bits per heavy atom. The molecule has 1 aliphatic carbocycles. The van der Waals surface area contributed by atoms with Crippen LogP contribution in [0.25, 0.3) is 0 Å². The lowest BCUT2D eigenvalue weighted by atomic mass is 10.1. The van der Waals surface area contributed by atoms with Crippen molar-refractivity contribution < 1.29 is 9.59 Å². The van der Waals surface area contributed by atoms with E-state index in [1.165, 1.54) is 12.8 Å². The minimum absolute atomic E-state index is 0.00184. The normalized spacial score (nSPS) is 21.2. The molecule has 0 bridgehead atoms. The highest BCUT2D eigenvalue weighted by Gasteiger charge is 2.36. The maximum Gasteiger partial charge on any atom is 0.271 e. The smallest absolute Gasteiger partial charge is 0.271 e. The molecular weight excluding hydrogens is 328 g/mol. The Balaban J connectivity index is 1.64. The van der Waals surface area contributed by atoms with Gasteiger partial charge in [-0.2, -0.15) is 5.10 Å². The van der Waals surface area contributed by atoms with Crippen LogP contribution in [-0.4, -0.2) is 57.6 Å². The van der Waals surface area contributed by atoms with Crippen molar-refractivity contribution in [3.8, 4) is 0 Å². The van der Waals surface area contributed by atoms with E-state index in [0.29, 0.717) is 37.2 Å². The summed E-state index contributed by atoms with van der Waals surface area (Å²) in [5.41, 5.74) is 1.60. The van der Waals surface area contributed by atoms with Crippen molar-refractivity contribution in [1.29, 1.82) is 0 Å². The summed E-state index contributed by atoms with van der Waals surface area (Å²) in [6.07, 6.45) is 5.31. The topological polar surface area (TPSA) is 58.4 Å². The first-order valence-electron chi connectivity index (χ1n) is 10.0. The molecule has 1 aromatic heterocycles. The summed E-state index contributed by atoms with van der Waals surface area (Å²) in [7, 11) is 1.84. The zero-order valence-corrected chi connectivity index (χ0v) is 16.6. The molecule has 6 nitrogen and oxygen atoms in total. The fraction of sp³-hybridized carbons (Fsp3) is 0.750. The van der Waals surface area contributed by atoms with Crippen molar-refractivity contribution in [1.82, 2.24) is 19.6 Å². The summed E-state index contributed by atoms with van der Waals surface area (Å²) in [6.45, 7) is 8.28. The lowest BCUT2D eigenvalue weighted by Crippen LogP contribution is -2.37.